The molecule has 0 saturated carbocycles. The molecule has 1 aromatic rings. The number of fused-ring (bicyclic) bond motifs is 1. The molecule has 18 heavy (non-hydrogen) atoms. The maximum atomic E-state index is 5.13. The number of nitrogens with zero attached hydrogens (tertiary/aromatic N) is 1. The molecule has 0 aliphatic carbocycles. The van der Waals surface area contributed by atoms with Gasteiger partial charge in [0, 0.05) is 26.8 Å². The number of rotatable bonds is 4. The van der Waals surface area contributed by atoms with Crippen LogP contribution in [0.2, 0.25) is 0 Å². The van der Waals surface area contributed by atoms with Crippen molar-refractivity contribution >= 4 is 11.9 Å². The third kappa shape index (κ3) is 3.18. The zero-order valence-electron chi connectivity index (χ0n) is 10.7. The van der Waals surface area contributed by atoms with Crippen molar-refractivity contribution in [3.8, 4) is 0 Å². The minimum atomic E-state index is -0.254. The van der Waals surface area contributed by atoms with E-state index in [-0.39, 0.29) is 6.29 Å². The minimum Gasteiger partial charge on any atom is -0.368 e. The van der Waals surface area contributed by atoms with Gasteiger partial charge in [-0.3, -0.25) is 0 Å². The smallest absolute Gasteiger partial charge is 0.173 e. The summed E-state index contributed by atoms with van der Waals surface area (Å²) in [6, 6.07) is 8.29. The molecule has 0 bridgehead atoms. The maximum Gasteiger partial charge on any atom is 0.173 e. The summed E-state index contributed by atoms with van der Waals surface area (Å²) in [4.78, 5) is 4.39. The van der Waals surface area contributed by atoms with Crippen LogP contribution in [-0.4, -0.2) is 32.9 Å². The van der Waals surface area contributed by atoms with Crippen LogP contribution in [0.3, 0.4) is 0 Å². The van der Waals surface area contributed by atoms with Crippen LogP contribution < -0.4 is 5.32 Å². The largest absolute Gasteiger partial charge is 0.368 e. The molecular formula is C14H18N2O2. The number of ether oxygens (including phenoxy) is 2. The number of aliphatic imine (C=N–C) groups is 1. The first-order valence-corrected chi connectivity index (χ1v) is 5.94. The van der Waals surface area contributed by atoms with E-state index in [1.807, 2.05) is 24.4 Å². The van der Waals surface area contributed by atoms with Crippen molar-refractivity contribution in [1.82, 2.24) is 5.32 Å². The van der Waals surface area contributed by atoms with E-state index in [9.17, 15) is 0 Å². The van der Waals surface area contributed by atoms with Crippen LogP contribution in [0.5, 0.6) is 0 Å². The molecule has 1 aromatic carbocycles. The first-order chi connectivity index (χ1) is 8.83. The number of amidine groups is 1. The Morgan fingerprint density at radius 3 is 2.83 bits per heavy atom. The summed E-state index contributed by atoms with van der Waals surface area (Å²) in [6.07, 6.45) is 4.38. The lowest BCUT2D eigenvalue weighted by atomic mass is 10.0. The fourth-order valence-corrected chi connectivity index (χ4v) is 1.86. The van der Waals surface area contributed by atoms with Gasteiger partial charge in [-0.25, -0.2) is 4.99 Å². The van der Waals surface area contributed by atoms with Gasteiger partial charge in [0.05, 0.1) is 6.54 Å². The van der Waals surface area contributed by atoms with Crippen molar-refractivity contribution in [2.75, 3.05) is 20.8 Å². The molecule has 1 N–H and O–H groups in total. The molecule has 4 heteroatoms. The molecule has 0 unspecified atom stereocenters. The van der Waals surface area contributed by atoms with Crippen molar-refractivity contribution in [1.29, 1.82) is 0 Å². The fraction of sp³-hybridized carbons (Fsp3) is 0.357. The second-order valence-electron chi connectivity index (χ2n) is 4.05. The van der Waals surface area contributed by atoms with E-state index in [0.717, 1.165) is 12.3 Å². The standard InChI is InChI=1S/C14H18N2O2/c1-17-14(18-2)10-16-13-9-12-6-4-3-5-11(12)7-8-15-13/h3-8,14H,9-10H2,1-2H3,(H,15,16). The van der Waals surface area contributed by atoms with Gasteiger partial charge in [-0.15, -0.1) is 0 Å². The fourth-order valence-electron chi connectivity index (χ4n) is 1.86. The average molecular weight is 246 g/mol. The van der Waals surface area contributed by atoms with Gasteiger partial charge in [0.15, 0.2) is 6.29 Å². The van der Waals surface area contributed by atoms with Gasteiger partial charge in [0.25, 0.3) is 0 Å². The summed E-state index contributed by atoms with van der Waals surface area (Å²) in [5.41, 5.74) is 2.48. The van der Waals surface area contributed by atoms with Crippen molar-refractivity contribution in [2.45, 2.75) is 12.7 Å². The SMILES string of the molecule is COC(CNC1=NC=Cc2ccccc2C1)OC. The Morgan fingerprint density at radius 1 is 1.28 bits per heavy atom. The monoisotopic (exact) mass is 246 g/mol. The molecule has 2 rings (SSSR count). The second-order valence-corrected chi connectivity index (χ2v) is 4.05. The molecule has 4 nitrogen and oxygen atoms in total. The molecular weight excluding hydrogens is 228 g/mol. The van der Waals surface area contributed by atoms with Crippen LogP contribution >= 0.6 is 0 Å². The zero-order chi connectivity index (χ0) is 12.8. The summed E-state index contributed by atoms with van der Waals surface area (Å²) in [7, 11) is 3.25. The van der Waals surface area contributed by atoms with E-state index < -0.39 is 0 Å². The molecule has 1 aliphatic rings. The highest BCUT2D eigenvalue weighted by Gasteiger charge is 2.10. The van der Waals surface area contributed by atoms with Gasteiger partial charge >= 0.3 is 0 Å². The summed E-state index contributed by atoms with van der Waals surface area (Å²) in [5.74, 6) is 0.926. The lowest BCUT2D eigenvalue weighted by Crippen LogP contribution is -2.35. The molecule has 0 amide bonds. The Morgan fingerprint density at radius 2 is 2.06 bits per heavy atom. The Hall–Kier alpha value is -1.65. The number of nitrogens with one attached hydrogen (secondary N) is 1. The average Bonchev–Trinajstić information content (AvgIpc) is 2.61. The molecule has 0 spiro atoms. The summed E-state index contributed by atoms with van der Waals surface area (Å²) in [5, 5.41) is 3.25. The normalized spacial score (nSPS) is 14.1. The molecule has 0 aromatic heterocycles. The van der Waals surface area contributed by atoms with E-state index in [1.165, 1.54) is 11.1 Å². The van der Waals surface area contributed by atoms with E-state index >= 15 is 0 Å². The lowest BCUT2D eigenvalue weighted by molar-refractivity contribution is -0.0965. The van der Waals surface area contributed by atoms with Gasteiger partial charge in [-0.1, -0.05) is 24.3 Å². The van der Waals surface area contributed by atoms with Gasteiger partial charge in [0.1, 0.15) is 5.84 Å². The number of hydrogen-bond acceptors (Lipinski definition) is 4. The molecule has 1 aliphatic heterocycles. The maximum absolute atomic E-state index is 5.13. The highest BCUT2D eigenvalue weighted by atomic mass is 16.7. The Labute approximate surface area is 107 Å². The van der Waals surface area contributed by atoms with Crippen LogP contribution in [0.1, 0.15) is 11.1 Å². The van der Waals surface area contributed by atoms with Crippen LogP contribution in [-0.2, 0) is 15.9 Å². The minimum absolute atomic E-state index is 0.254. The van der Waals surface area contributed by atoms with Gasteiger partial charge in [0.2, 0.25) is 0 Å². The molecule has 1 heterocycles. The summed E-state index contributed by atoms with van der Waals surface area (Å²) in [6.45, 7) is 0.585. The van der Waals surface area contributed by atoms with Crippen LogP contribution in [0.25, 0.3) is 6.08 Å². The highest BCUT2D eigenvalue weighted by Crippen LogP contribution is 2.14. The first-order valence-electron chi connectivity index (χ1n) is 5.94. The summed E-state index contributed by atoms with van der Waals surface area (Å²) < 4.78 is 10.3. The van der Waals surface area contributed by atoms with E-state index in [4.69, 9.17) is 9.47 Å². The molecule has 0 radical (unpaired) electrons. The van der Waals surface area contributed by atoms with Crippen molar-refractivity contribution in [2.24, 2.45) is 4.99 Å². The van der Waals surface area contributed by atoms with Gasteiger partial charge in [-0.2, -0.15) is 0 Å². The number of benzene rings is 1. The summed E-state index contributed by atoms with van der Waals surface area (Å²) >= 11 is 0. The van der Waals surface area contributed by atoms with E-state index in [0.29, 0.717) is 6.54 Å². The third-order valence-corrected chi connectivity index (χ3v) is 2.90. The Balaban J connectivity index is 2.00. The van der Waals surface area contributed by atoms with Gasteiger partial charge < -0.3 is 14.8 Å². The molecule has 0 atom stereocenters. The van der Waals surface area contributed by atoms with Crippen LogP contribution in [0.15, 0.2) is 35.5 Å². The topological polar surface area (TPSA) is 42.8 Å². The predicted octanol–water partition coefficient (Wildman–Crippen LogP) is 1.82. The Kier molecular flexibility index (Phi) is 4.50. The van der Waals surface area contributed by atoms with Crippen LogP contribution in [0, 0.1) is 0 Å². The second kappa shape index (κ2) is 6.33. The molecule has 0 saturated heterocycles. The number of methoxy groups -OCH3 is 2. The third-order valence-electron chi connectivity index (χ3n) is 2.90. The molecule has 0 fully saturated rings. The zero-order valence-corrected chi connectivity index (χ0v) is 10.7. The lowest BCUT2D eigenvalue weighted by Gasteiger charge is -2.16. The first kappa shape index (κ1) is 12.8. The van der Waals surface area contributed by atoms with Crippen molar-refractivity contribution < 1.29 is 9.47 Å². The number of hydrogen-bond donors (Lipinski definition) is 1. The van der Waals surface area contributed by atoms with E-state index in [2.05, 4.69) is 22.4 Å². The Bertz CT molecular complexity index is 451. The van der Waals surface area contributed by atoms with Crippen molar-refractivity contribution in [3.63, 3.8) is 0 Å². The predicted molar refractivity (Wildman–Crippen MR) is 72.4 cm³/mol. The van der Waals surface area contributed by atoms with Crippen LogP contribution in [0.4, 0.5) is 0 Å². The highest BCUT2D eigenvalue weighted by molar-refractivity contribution is 5.87. The van der Waals surface area contributed by atoms with Gasteiger partial charge in [-0.05, 0) is 17.2 Å². The van der Waals surface area contributed by atoms with E-state index in [1.54, 1.807) is 14.2 Å². The quantitative estimate of drug-likeness (QED) is 0.824. The molecule has 96 valence electrons. The van der Waals surface area contributed by atoms with Crippen molar-refractivity contribution in [3.05, 3.63) is 41.6 Å².